The van der Waals surface area contributed by atoms with Crippen LogP contribution >= 0.6 is 0 Å². The van der Waals surface area contributed by atoms with E-state index in [0.717, 1.165) is 11.3 Å². The lowest BCUT2D eigenvalue weighted by Crippen LogP contribution is -2.23. The van der Waals surface area contributed by atoms with Crippen LogP contribution in [0.25, 0.3) is 11.4 Å². The highest BCUT2D eigenvalue weighted by molar-refractivity contribution is 5.93. The van der Waals surface area contributed by atoms with Gasteiger partial charge >= 0.3 is 0 Å². The lowest BCUT2D eigenvalue weighted by Gasteiger charge is -2.01. The van der Waals surface area contributed by atoms with Crippen molar-refractivity contribution in [1.29, 1.82) is 0 Å². The molecule has 0 unspecified atom stereocenters. The first-order chi connectivity index (χ1) is 10.7. The summed E-state index contributed by atoms with van der Waals surface area (Å²) >= 11 is 0. The van der Waals surface area contributed by atoms with E-state index < -0.39 is 0 Å². The maximum atomic E-state index is 12.0. The van der Waals surface area contributed by atoms with Gasteiger partial charge in [0.05, 0.1) is 12.1 Å². The van der Waals surface area contributed by atoms with Crippen LogP contribution in [0.2, 0.25) is 0 Å². The van der Waals surface area contributed by atoms with E-state index in [1.807, 2.05) is 13.0 Å². The normalized spacial score (nSPS) is 10.4. The van der Waals surface area contributed by atoms with Gasteiger partial charge in [-0.25, -0.2) is 0 Å². The molecule has 0 aliphatic rings. The van der Waals surface area contributed by atoms with Crippen LogP contribution in [0, 0.1) is 6.92 Å². The molecular weight excluding hydrogens is 282 g/mol. The Balaban J connectivity index is 1.64. The van der Waals surface area contributed by atoms with Crippen LogP contribution in [-0.4, -0.2) is 26.0 Å². The van der Waals surface area contributed by atoms with E-state index >= 15 is 0 Å². The maximum Gasteiger partial charge on any atom is 0.253 e. The topological polar surface area (TPSA) is 93.8 Å². The number of amides is 1. The molecular formula is C15H13N5O2. The van der Waals surface area contributed by atoms with Gasteiger partial charge in [0.2, 0.25) is 11.7 Å². The molecule has 0 aromatic carbocycles. The van der Waals surface area contributed by atoms with Gasteiger partial charge in [-0.1, -0.05) is 5.16 Å². The molecule has 0 saturated carbocycles. The summed E-state index contributed by atoms with van der Waals surface area (Å²) in [6.07, 6.45) is 4.84. The molecule has 0 fully saturated rings. The predicted octanol–water partition coefficient (Wildman–Crippen LogP) is 1.77. The third-order valence-corrected chi connectivity index (χ3v) is 2.96. The molecule has 0 bridgehead atoms. The van der Waals surface area contributed by atoms with Gasteiger partial charge in [-0.15, -0.1) is 0 Å². The number of aryl methyl sites for hydroxylation is 1. The molecule has 0 spiro atoms. The molecule has 0 aliphatic carbocycles. The van der Waals surface area contributed by atoms with Crippen molar-refractivity contribution in [2.45, 2.75) is 13.5 Å². The van der Waals surface area contributed by atoms with Crippen LogP contribution in [0.15, 0.2) is 47.4 Å². The second-order valence-corrected chi connectivity index (χ2v) is 4.62. The van der Waals surface area contributed by atoms with Crippen molar-refractivity contribution in [2.24, 2.45) is 0 Å². The van der Waals surface area contributed by atoms with Crippen molar-refractivity contribution < 1.29 is 9.32 Å². The molecule has 3 rings (SSSR count). The Kier molecular flexibility index (Phi) is 3.86. The maximum absolute atomic E-state index is 12.0. The van der Waals surface area contributed by atoms with Gasteiger partial charge in [0.25, 0.3) is 5.91 Å². The summed E-state index contributed by atoms with van der Waals surface area (Å²) in [6, 6.07) is 7.12. The molecule has 110 valence electrons. The van der Waals surface area contributed by atoms with Crippen molar-refractivity contribution in [3.8, 4) is 11.4 Å². The van der Waals surface area contributed by atoms with Crippen molar-refractivity contribution >= 4 is 5.91 Å². The molecule has 3 aromatic rings. The van der Waals surface area contributed by atoms with Crippen molar-refractivity contribution in [2.75, 3.05) is 0 Å². The average Bonchev–Trinajstić information content (AvgIpc) is 3.03. The Morgan fingerprint density at radius 2 is 2.18 bits per heavy atom. The zero-order valence-corrected chi connectivity index (χ0v) is 11.9. The predicted molar refractivity (Wildman–Crippen MR) is 77.7 cm³/mol. The Hall–Kier alpha value is -3.09. The van der Waals surface area contributed by atoms with Crippen LogP contribution in [-0.2, 0) is 6.54 Å². The first-order valence-corrected chi connectivity index (χ1v) is 6.66. The molecule has 3 aromatic heterocycles. The molecule has 0 atom stereocenters. The van der Waals surface area contributed by atoms with E-state index in [-0.39, 0.29) is 12.5 Å². The Morgan fingerprint density at radius 1 is 1.27 bits per heavy atom. The number of aromatic nitrogens is 4. The first-order valence-electron chi connectivity index (χ1n) is 6.66. The second-order valence-electron chi connectivity index (χ2n) is 4.62. The van der Waals surface area contributed by atoms with Crippen LogP contribution in [0.4, 0.5) is 0 Å². The highest BCUT2D eigenvalue weighted by Crippen LogP contribution is 2.13. The number of hydrogen-bond acceptors (Lipinski definition) is 6. The Bertz CT molecular complexity index is 768. The monoisotopic (exact) mass is 295 g/mol. The van der Waals surface area contributed by atoms with Crippen molar-refractivity contribution in [1.82, 2.24) is 25.4 Å². The molecule has 1 amide bonds. The minimum atomic E-state index is -0.242. The van der Waals surface area contributed by atoms with Gasteiger partial charge in [0.15, 0.2) is 0 Å². The number of hydrogen-bond donors (Lipinski definition) is 1. The van der Waals surface area contributed by atoms with Gasteiger partial charge in [0.1, 0.15) is 0 Å². The van der Waals surface area contributed by atoms with Gasteiger partial charge in [-0.05, 0) is 31.2 Å². The molecule has 0 aliphatic heterocycles. The van der Waals surface area contributed by atoms with Gasteiger partial charge in [0, 0.05) is 29.8 Å². The zero-order chi connectivity index (χ0) is 15.4. The summed E-state index contributed by atoms with van der Waals surface area (Å²) in [6.45, 7) is 2.01. The minimum absolute atomic E-state index is 0.153. The summed E-state index contributed by atoms with van der Waals surface area (Å²) < 4.78 is 5.11. The summed E-state index contributed by atoms with van der Waals surface area (Å²) in [7, 11) is 0. The van der Waals surface area contributed by atoms with E-state index in [0.29, 0.717) is 17.3 Å². The van der Waals surface area contributed by atoms with Gasteiger partial charge < -0.3 is 9.84 Å². The number of carbonyl (C=O) groups excluding carboxylic acids is 1. The largest absolute Gasteiger partial charge is 0.343 e. The van der Waals surface area contributed by atoms with E-state index in [2.05, 4.69) is 25.4 Å². The zero-order valence-electron chi connectivity index (χ0n) is 11.9. The number of pyridine rings is 2. The lowest BCUT2D eigenvalue weighted by atomic mass is 10.2. The molecule has 3 heterocycles. The Morgan fingerprint density at radius 3 is 2.91 bits per heavy atom. The van der Waals surface area contributed by atoms with Gasteiger partial charge in [-0.2, -0.15) is 4.98 Å². The highest BCUT2D eigenvalue weighted by atomic mass is 16.5. The lowest BCUT2D eigenvalue weighted by molar-refractivity contribution is 0.0946. The fourth-order valence-corrected chi connectivity index (χ4v) is 1.80. The van der Waals surface area contributed by atoms with Crippen LogP contribution in [0.3, 0.4) is 0 Å². The number of nitrogens with zero attached hydrogens (tertiary/aromatic N) is 4. The second kappa shape index (κ2) is 6.13. The SMILES string of the molecule is Cc1ccc(C(=O)NCc2nc(-c3cccnc3)no2)cn1. The number of carbonyl (C=O) groups is 1. The quantitative estimate of drug-likeness (QED) is 0.788. The first kappa shape index (κ1) is 13.9. The molecule has 7 heteroatoms. The van der Waals surface area contributed by atoms with E-state index in [9.17, 15) is 4.79 Å². The smallest absolute Gasteiger partial charge is 0.253 e. The molecule has 1 N–H and O–H groups in total. The molecule has 22 heavy (non-hydrogen) atoms. The molecule has 0 saturated heterocycles. The third-order valence-electron chi connectivity index (χ3n) is 2.96. The summed E-state index contributed by atoms with van der Waals surface area (Å²) in [4.78, 5) is 24.2. The molecule has 0 radical (unpaired) electrons. The van der Waals surface area contributed by atoms with E-state index in [1.54, 1.807) is 30.6 Å². The van der Waals surface area contributed by atoms with Crippen LogP contribution < -0.4 is 5.32 Å². The number of rotatable bonds is 4. The average molecular weight is 295 g/mol. The summed E-state index contributed by atoms with van der Waals surface area (Å²) in [5.41, 5.74) is 2.10. The minimum Gasteiger partial charge on any atom is -0.343 e. The van der Waals surface area contributed by atoms with Crippen molar-refractivity contribution in [3.05, 3.63) is 60.0 Å². The van der Waals surface area contributed by atoms with Crippen LogP contribution in [0.5, 0.6) is 0 Å². The fourth-order valence-electron chi connectivity index (χ4n) is 1.80. The summed E-state index contributed by atoms with van der Waals surface area (Å²) in [5, 5.41) is 6.57. The number of nitrogens with one attached hydrogen (secondary N) is 1. The van der Waals surface area contributed by atoms with E-state index in [4.69, 9.17) is 4.52 Å². The van der Waals surface area contributed by atoms with E-state index in [1.165, 1.54) is 6.20 Å². The Labute approximate surface area is 126 Å². The standard InChI is InChI=1S/C15H13N5O2/c1-10-4-5-12(8-17-10)15(21)18-9-13-19-14(20-22-13)11-3-2-6-16-7-11/h2-8H,9H2,1H3,(H,18,21). The highest BCUT2D eigenvalue weighted by Gasteiger charge is 2.11. The van der Waals surface area contributed by atoms with Gasteiger partial charge in [-0.3, -0.25) is 14.8 Å². The third kappa shape index (κ3) is 3.14. The van der Waals surface area contributed by atoms with Crippen LogP contribution in [0.1, 0.15) is 21.9 Å². The summed E-state index contributed by atoms with van der Waals surface area (Å²) in [5.74, 6) is 0.523. The van der Waals surface area contributed by atoms with Crippen molar-refractivity contribution in [3.63, 3.8) is 0 Å². The fraction of sp³-hybridized carbons (Fsp3) is 0.133. The molecule has 7 nitrogen and oxygen atoms in total.